The third kappa shape index (κ3) is 2.09. The first-order chi connectivity index (χ1) is 7.93. The minimum absolute atomic E-state index is 0.127. The van der Waals surface area contributed by atoms with Crippen LogP contribution in [0.25, 0.3) is 0 Å². The molecular weight excluding hydrogens is 250 g/mol. The largest absolute Gasteiger partial charge is 0.476 e. The molecule has 0 amide bonds. The van der Waals surface area contributed by atoms with Crippen molar-refractivity contribution in [2.24, 2.45) is 0 Å². The van der Waals surface area contributed by atoms with E-state index >= 15 is 0 Å². The molecule has 0 radical (unpaired) electrons. The molecule has 0 aliphatic heterocycles. The molecule has 1 aromatic rings. The highest BCUT2D eigenvalue weighted by Gasteiger charge is 2.47. The predicted octanol–water partition coefficient (Wildman–Crippen LogP) is 1.96. The van der Waals surface area contributed by atoms with Crippen LogP contribution in [0.3, 0.4) is 0 Å². The zero-order chi connectivity index (χ0) is 12.6. The maximum absolute atomic E-state index is 13.1. The van der Waals surface area contributed by atoms with Crippen LogP contribution in [0, 0.1) is 0 Å². The second-order valence-electron chi connectivity index (χ2n) is 3.87. The normalized spacial score (nSPS) is 16.6. The average molecular weight is 260 g/mol. The van der Waals surface area contributed by atoms with Crippen molar-refractivity contribution < 1.29 is 22.9 Å². The molecule has 3 nitrogen and oxygen atoms in total. The Balaban J connectivity index is 2.35. The highest BCUT2D eigenvalue weighted by Crippen LogP contribution is 2.29. The number of aliphatic carboxylic acids is 1. The number of hydrogen-bond donors (Lipinski definition) is 1. The molecule has 0 saturated carbocycles. The first-order valence-electron chi connectivity index (χ1n) is 5.08. The van der Waals surface area contributed by atoms with Crippen LogP contribution in [0.15, 0.2) is 23.1 Å². The Morgan fingerprint density at radius 1 is 1.29 bits per heavy atom. The van der Waals surface area contributed by atoms with Gasteiger partial charge >= 0.3 is 11.2 Å². The smallest absolute Gasteiger partial charge is 0.419 e. The van der Waals surface area contributed by atoms with E-state index in [1.165, 1.54) is 12.1 Å². The second-order valence-corrected chi connectivity index (χ2v) is 5.40. The fraction of sp³-hybridized carbons (Fsp3) is 0.364. The molecule has 92 valence electrons. The van der Waals surface area contributed by atoms with E-state index in [1.54, 1.807) is 6.07 Å². The van der Waals surface area contributed by atoms with Crippen LogP contribution >= 0.6 is 0 Å². The Morgan fingerprint density at radius 2 is 1.94 bits per heavy atom. The van der Waals surface area contributed by atoms with Gasteiger partial charge in [-0.05, 0) is 42.5 Å². The highest BCUT2D eigenvalue weighted by atomic mass is 32.2. The second kappa shape index (κ2) is 4.18. The molecule has 0 bridgehead atoms. The maximum atomic E-state index is 13.1. The molecule has 6 heteroatoms. The third-order valence-electron chi connectivity index (χ3n) is 2.77. The first kappa shape index (κ1) is 12.2. The monoisotopic (exact) mass is 260 g/mol. The van der Waals surface area contributed by atoms with Crippen LogP contribution in [-0.2, 0) is 28.4 Å². The average Bonchev–Trinajstić information content (AvgIpc) is 2.74. The number of carboxylic acid groups (broad SMARTS) is 1. The van der Waals surface area contributed by atoms with Crippen LogP contribution in [0.2, 0.25) is 0 Å². The molecule has 1 aliphatic carbocycles. The van der Waals surface area contributed by atoms with Crippen molar-refractivity contribution in [2.75, 3.05) is 0 Å². The molecule has 1 aliphatic rings. The van der Waals surface area contributed by atoms with Crippen molar-refractivity contribution >= 4 is 16.8 Å². The van der Waals surface area contributed by atoms with Gasteiger partial charge in [-0.3, -0.25) is 0 Å². The third-order valence-corrected chi connectivity index (χ3v) is 4.09. The summed E-state index contributed by atoms with van der Waals surface area (Å²) in [6.07, 6.45) is 2.59. The minimum Gasteiger partial charge on any atom is -0.476 e. The highest BCUT2D eigenvalue weighted by molar-refractivity contribution is 7.87. The molecule has 0 heterocycles. The van der Waals surface area contributed by atoms with Crippen molar-refractivity contribution in [2.45, 2.75) is 29.4 Å². The molecule has 2 rings (SSSR count). The molecular formula is C11H10F2O3S. The van der Waals surface area contributed by atoms with Crippen molar-refractivity contribution in [3.63, 3.8) is 0 Å². The summed E-state index contributed by atoms with van der Waals surface area (Å²) in [5.41, 5.74) is 1.95. The fourth-order valence-corrected chi connectivity index (χ4v) is 2.79. The summed E-state index contributed by atoms with van der Waals surface area (Å²) in [4.78, 5) is 10.2. The molecule has 1 N–H and O–H groups in total. The van der Waals surface area contributed by atoms with E-state index in [0.717, 1.165) is 30.4 Å². The Bertz CT molecular complexity index is 499. The van der Waals surface area contributed by atoms with Crippen molar-refractivity contribution in [3.8, 4) is 0 Å². The van der Waals surface area contributed by atoms with E-state index in [-0.39, 0.29) is 4.90 Å². The van der Waals surface area contributed by atoms with Gasteiger partial charge in [0.2, 0.25) is 0 Å². The Kier molecular flexibility index (Phi) is 2.99. The predicted molar refractivity (Wildman–Crippen MR) is 57.5 cm³/mol. The molecule has 17 heavy (non-hydrogen) atoms. The standard InChI is InChI=1S/C11H10F2O3S/c12-11(13,10(14)15)17(16)9-5-4-7-2-1-3-8(7)6-9/h4-6H,1-3H2,(H,14,15). The van der Waals surface area contributed by atoms with Crippen molar-refractivity contribution in [1.29, 1.82) is 0 Å². The molecule has 0 fully saturated rings. The first-order valence-corrected chi connectivity index (χ1v) is 6.23. The van der Waals surface area contributed by atoms with Gasteiger partial charge in [-0.15, -0.1) is 0 Å². The van der Waals surface area contributed by atoms with Crippen molar-refractivity contribution in [3.05, 3.63) is 29.3 Å². The van der Waals surface area contributed by atoms with Gasteiger partial charge in [0.1, 0.15) is 10.8 Å². The van der Waals surface area contributed by atoms with Gasteiger partial charge in [-0.25, -0.2) is 9.00 Å². The van der Waals surface area contributed by atoms with Gasteiger partial charge in [0.25, 0.3) is 0 Å². The topological polar surface area (TPSA) is 54.4 Å². The summed E-state index contributed by atoms with van der Waals surface area (Å²) in [6.45, 7) is 0. The zero-order valence-electron chi connectivity index (χ0n) is 8.78. The van der Waals surface area contributed by atoms with Crippen LogP contribution < -0.4 is 0 Å². The van der Waals surface area contributed by atoms with E-state index in [0.29, 0.717) is 0 Å². The molecule has 1 unspecified atom stereocenters. The van der Waals surface area contributed by atoms with Crippen molar-refractivity contribution in [1.82, 2.24) is 0 Å². The number of fused-ring (bicyclic) bond motifs is 1. The molecule has 1 aromatic carbocycles. The van der Waals surface area contributed by atoms with E-state index in [4.69, 9.17) is 5.11 Å². The molecule has 1 atom stereocenters. The van der Waals surface area contributed by atoms with Crippen LogP contribution in [0.4, 0.5) is 8.78 Å². The number of aryl methyl sites for hydroxylation is 2. The summed E-state index contributed by atoms with van der Waals surface area (Å²) < 4.78 is 37.6. The molecule has 0 aromatic heterocycles. The number of rotatable bonds is 3. The summed E-state index contributed by atoms with van der Waals surface area (Å²) >= 11 is 0. The van der Waals surface area contributed by atoms with Gasteiger partial charge in [-0.1, -0.05) is 6.07 Å². The summed E-state index contributed by atoms with van der Waals surface area (Å²) in [5.74, 6) is -2.36. The van der Waals surface area contributed by atoms with Crippen LogP contribution in [-0.4, -0.2) is 20.5 Å². The summed E-state index contributed by atoms with van der Waals surface area (Å²) in [7, 11) is -2.85. The van der Waals surface area contributed by atoms with Gasteiger partial charge < -0.3 is 5.11 Å². The lowest BCUT2D eigenvalue weighted by atomic mass is 10.1. The summed E-state index contributed by atoms with van der Waals surface area (Å²) in [5, 5.41) is 4.08. The van der Waals surface area contributed by atoms with E-state index < -0.39 is 22.0 Å². The van der Waals surface area contributed by atoms with E-state index in [2.05, 4.69) is 0 Å². The number of alkyl halides is 2. The summed E-state index contributed by atoms with van der Waals surface area (Å²) in [6, 6.07) is 4.39. The Labute approximate surface area is 98.9 Å². The van der Waals surface area contributed by atoms with Gasteiger partial charge in [0, 0.05) is 4.90 Å². The van der Waals surface area contributed by atoms with Crippen LogP contribution in [0.1, 0.15) is 17.5 Å². The van der Waals surface area contributed by atoms with Crippen LogP contribution in [0.5, 0.6) is 0 Å². The zero-order valence-corrected chi connectivity index (χ0v) is 9.60. The molecule has 0 spiro atoms. The fourth-order valence-electron chi connectivity index (χ4n) is 1.89. The Hall–Kier alpha value is -1.30. The lowest BCUT2D eigenvalue weighted by molar-refractivity contribution is -0.153. The number of halogens is 2. The number of benzene rings is 1. The van der Waals surface area contributed by atoms with E-state index in [9.17, 15) is 17.8 Å². The molecule has 0 saturated heterocycles. The van der Waals surface area contributed by atoms with Gasteiger partial charge in [0.15, 0.2) is 0 Å². The quantitative estimate of drug-likeness (QED) is 0.903. The lowest BCUT2D eigenvalue weighted by Crippen LogP contribution is -2.33. The minimum atomic E-state index is -4.24. The van der Waals surface area contributed by atoms with E-state index in [1.807, 2.05) is 0 Å². The number of carboxylic acids is 1. The van der Waals surface area contributed by atoms with Gasteiger partial charge in [0.05, 0.1) is 0 Å². The number of hydrogen-bond acceptors (Lipinski definition) is 2. The SMILES string of the molecule is O=C(O)C(F)(F)S(=O)c1ccc2c(c1)CCC2. The lowest BCUT2D eigenvalue weighted by Gasteiger charge is -2.11. The number of carbonyl (C=O) groups is 1. The Morgan fingerprint density at radius 3 is 2.59 bits per heavy atom. The van der Waals surface area contributed by atoms with Gasteiger partial charge in [-0.2, -0.15) is 8.78 Å². The maximum Gasteiger partial charge on any atom is 0.419 e.